The number of aromatic amines is 1. The van der Waals surface area contributed by atoms with Gasteiger partial charge in [-0.1, -0.05) is 23.7 Å². The average Bonchev–Trinajstić information content (AvgIpc) is 3.29. The minimum atomic E-state index is -0.0164. The fraction of sp³-hybridized carbons (Fsp3) is 0.304. The molecule has 0 spiro atoms. The molecule has 0 radical (unpaired) electrons. The molecule has 31 heavy (non-hydrogen) atoms. The lowest BCUT2D eigenvalue weighted by Gasteiger charge is -2.35. The van der Waals surface area contributed by atoms with Gasteiger partial charge in [0.2, 0.25) is 0 Å². The molecule has 1 aliphatic rings. The molecule has 1 fully saturated rings. The third-order valence-corrected chi connectivity index (χ3v) is 5.80. The number of halogens is 1. The van der Waals surface area contributed by atoms with E-state index in [4.69, 9.17) is 21.1 Å². The third kappa shape index (κ3) is 4.68. The minimum absolute atomic E-state index is 0.0164. The number of carbonyl (C=O) groups is 1. The summed E-state index contributed by atoms with van der Waals surface area (Å²) >= 11 is 5.98. The molecule has 1 N–H and O–H groups in total. The van der Waals surface area contributed by atoms with Gasteiger partial charge >= 0.3 is 0 Å². The second-order valence-corrected chi connectivity index (χ2v) is 7.85. The quantitative estimate of drug-likeness (QED) is 0.632. The highest BCUT2D eigenvalue weighted by molar-refractivity contribution is 6.30. The predicted octanol–water partition coefficient (Wildman–Crippen LogP) is 3.71. The Balaban J connectivity index is 1.41. The van der Waals surface area contributed by atoms with Crippen LogP contribution in [0, 0.1) is 0 Å². The van der Waals surface area contributed by atoms with Crippen LogP contribution in [-0.2, 0) is 6.54 Å². The smallest absolute Gasteiger partial charge is 0.257 e. The number of benzene rings is 2. The van der Waals surface area contributed by atoms with E-state index in [1.807, 2.05) is 35.2 Å². The number of rotatable bonds is 6. The van der Waals surface area contributed by atoms with Crippen LogP contribution in [0.25, 0.3) is 11.3 Å². The van der Waals surface area contributed by atoms with Crippen LogP contribution < -0.4 is 9.47 Å². The monoisotopic (exact) mass is 440 g/mol. The van der Waals surface area contributed by atoms with Crippen molar-refractivity contribution in [3.8, 4) is 22.8 Å². The first-order chi connectivity index (χ1) is 15.1. The van der Waals surface area contributed by atoms with E-state index in [-0.39, 0.29) is 5.91 Å². The molecule has 0 bridgehead atoms. The molecule has 0 saturated carbocycles. The third-order valence-electron chi connectivity index (χ3n) is 5.54. The number of piperazine rings is 1. The lowest BCUT2D eigenvalue weighted by Crippen LogP contribution is -2.48. The second kappa shape index (κ2) is 9.41. The van der Waals surface area contributed by atoms with Gasteiger partial charge in [-0.05, 0) is 30.3 Å². The van der Waals surface area contributed by atoms with E-state index in [9.17, 15) is 4.79 Å². The molecule has 1 aromatic heterocycles. The zero-order chi connectivity index (χ0) is 21.8. The van der Waals surface area contributed by atoms with Crippen LogP contribution in [0.5, 0.6) is 11.5 Å². The Morgan fingerprint density at radius 3 is 2.48 bits per heavy atom. The number of H-pyrrole nitrogens is 1. The first kappa shape index (κ1) is 21.2. The van der Waals surface area contributed by atoms with Crippen molar-refractivity contribution in [3.05, 3.63) is 64.8 Å². The van der Waals surface area contributed by atoms with Crippen LogP contribution in [0.2, 0.25) is 5.02 Å². The molecule has 162 valence electrons. The van der Waals surface area contributed by atoms with Crippen LogP contribution in [0.1, 0.15) is 15.9 Å². The maximum atomic E-state index is 13.2. The van der Waals surface area contributed by atoms with Gasteiger partial charge in [0, 0.05) is 48.9 Å². The van der Waals surface area contributed by atoms with E-state index in [0.29, 0.717) is 29.4 Å². The predicted molar refractivity (Wildman–Crippen MR) is 120 cm³/mol. The van der Waals surface area contributed by atoms with Gasteiger partial charge in [0.15, 0.2) is 0 Å². The van der Waals surface area contributed by atoms with Crippen LogP contribution in [-0.4, -0.2) is 66.3 Å². The molecule has 0 aliphatic carbocycles. The molecule has 1 amide bonds. The maximum absolute atomic E-state index is 13.2. The van der Waals surface area contributed by atoms with Crippen molar-refractivity contribution in [3.63, 3.8) is 0 Å². The molecule has 7 nitrogen and oxygen atoms in total. The van der Waals surface area contributed by atoms with Crippen LogP contribution in [0.15, 0.2) is 48.7 Å². The standard InChI is InChI=1S/C23H25ClN4O3/c1-30-19-7-8-21(31-2)17(13-19)15-27-9-11-28(12-10-27)23(29)20-14-25-26-22(20)16-3-5-18(24)6-4-16/h3-8,13-14H,9-12,15H2,1-2H3,(H,25,26). The zero-order valence-electron chi connectivity index (χ0n) is 17.6. The summed E-state index contributed by atoms with van der Waals surface area (Å²) in [4.78, 5) is 17.4. The summed E-state index contributed by atoms with van der Waals surface area (Å²) in [6.45, 7) is 3.59. The SMILES string of the molecule is COc1ccc(OC)c(CN2CCN(C(=O)c3cn[nH]c3-c3ccc(Cl)cc3)CC2)c1. The molecule has 0 unspecified atom stereocenters. The molecule has 4 rings (SSSR count). The van der Waals surface area contributed by atoms with Crippen molar-refractivity contribution >= 4 is 17.5 Å². The Morgan fingerprint density at radius 2 is 1.81 bits per heavy atom. The largest absolute Gasteiger partial charge is 0.497 e. The fourth-order valence-electron chi connectivity index (χ4n) is 3.81. The summed E-state index contributed by atoms with van der Waals surface area (Å²) in [5.41, 5.74) is 3.24. The fourth-order valence-corrected chi connectivity index (χ4v) is 3.94. The summed E-state index contributed by atoms with van der Waals surface area (Å²) in [7, 11) is 3.33. The lowest BCUT2D eigenvalue weighted by molar-refractivity contribution is 0.0628. The van der Waals surface area contributed by atoms with E-state index in [2.05, 4.69) is 15.1 Å². The van der Waals surface area contributed by atoms with Gasteiger partial charge in [-0.15, -0.1) is 0 Å². The molecular weight excluding hydrogens is 416 g/mol. The van der Waals surface area contributed by atoms with E-state index in [0.717, 1.165) is 42.3 Å². The lowest BCUT2D eigenvalue weighted by atomic mass is 10.1. The zero-order valence-corrected chi connectivity index (χ0v) is 18.4. The maximum Gasteiger partial charge on any atom is 0.257 e. The summed E-state index contributed by atoms with van der Waals surface area (Å²) in [6, 6.07) is 13.2. The molecule has 1 aliphatic heterocycles. The van der Waals surface area contributed by atoms with E-state index in [1.54, 1.807) is 32.5 Å². The van der Waals surface area contributed by atoms with Crippen molar-refractivity contribution in [2.75, 3.05) is 40.4 Å². The molecule has 1 saturated heterocycles. The molecule has 8 heteroatoms. The Bertz CT molecular complexity index is 1040. The Labute approximate surface area is 186 Å². The number of ether oxygens (including phenoxy) is 2. The van der Waals surface area contributed by atoms with Gasteiger partial charge in [0.05, 0.1) is 31.7 Å². The number of aromatic nitrogens is 2. The van der Waals surface area contributed by atoms with Crippen molar-refractivity contribution in [2.24, 2.45) is 0 Å². The number of nitrogens with zero attached hydrogens (tertiary/aromatic N) is 3. The highest BCUT2D eigenvalue weighted by Crippen LogP contribution is 2.27. The molecule has 2 aromatic carbocycles. The van der Waals surface area contributed by atoms with Crippen LogP contribution >= 0.6 is 11.6 Å². The number of hydrogen-bond donors (Lipinski definition) is 1. The summed E-state index contributed by atoms with van der Waals surface area (Å²) in [6.07, 6.45) is 1.60. The van der Waals surface area contributed by atoms with E-state index in [1.165, 1.54) is 0 Å². The topological polar surface area (TPSA) is 70.7 Å². The Kier molecular flexibility index (Phi) is 6.44. The van der Waals surface area contributed by atoms with E-state index >= 15 is 0 Å². The van der Waals surface area contributed by atoms with Gasteiger partial charge in [-0.2, -0.15) is 5.10 Å². The highest BCUT2D eigenvalue weighted by Gasteiger charge is 2.26. The molecule has 0 atom stereocenters. The summed E-state index contributed by atoms with van der Waals surface area (Å²) in [5.74, 6) is 1.63. The van der Waals surface area contributed by atoms with Gasteiger partial charge in [-0.25, -0.2) is 0 Å². The summed E-state index contributed by atoms with van der Waals surface area (Å²) < 4.78 is 10.8. The number of methoxy groups -OCH3 is 2. The minimum Gasteiger partial charge on any atom is -0.497 e. The highest BCUT2D eigenvalue weighted by atomic mass is 35.5. The first-order valence-corrected chi connectivity index (χ1v) is 10.5. The van der Waals surface area contributed by atoms with Gasteiger partial charge in [-0.3, -0.25) is 14.8 Å². The normalized spacial score (nSPS) is 14.5. The van der Waals surface area contributed by atoms with Crippen molar-refractivity contribution in [1.29, 1.82) is 0 Å². The van der Waals surface area contributed by atoms with Crippen molar-refractivity contribution in [2.45, 2.75) is 6.54 Å². The number of hydrogen-bond acceptors (Lipinski definition) is 5. The Morgan fingerprint density at radius 1 is 1.06 bits per heavy atom. The second-order valence-electron chi connectivity index (χ2n) is 7.41. The summed E-state index contributed by atoms with van der Waals surface area (Å²) in [5, 5.41) is 7.70. The molecular formula is C23H25ClN4O3. The van der Waals surface area contributed by atoms with Crippen LogP contribution in [0.4, 0.5) is 0 Å². The first-order valence-electron chi connectivity index (χ1n) is 10.1. The number of amides is 1. The molecule has 2 heterocycles. The van der Waals surface area contributed by atoms with Crippen LogP contribution in [0.3, 0.4) is 0 Å². The number of carbonyl (C=O) groups excluding carboxylic acids is 1. The van der Waals surface area contributed by atoms with E-state index < -0.39 is 0 Å². The molecule has 3 aromatic rings. The number of nitrogens with one attached hydrogen (secondary N) is 1. The van der Waals surface area contributed by atoms with Gasteiger partial charge in [0.25, 0.3) is 5.91 Å². The average molecular weight is 441 g/mol. The van der Waals surface area contributed by atoms with Gasteiger partial charge < -0.3 is 14.4 Å². The van der Waals surface area contributed by atoms with Crippen molar-refractivity contribution < 1.29 is 14.3 Å². The van der Waals surface area contributed by atoms with Crippen molar-refractivity contribution in [1.82, 2.24) is 20.0 Å². The Hall–Kier alpha value is -3.03. The van der Waals surface area contributed by atoms with Gasteiger partial charge in [0.1, 0.15) is 11.5 Å².